The van der Waals surface area contributed by atoms with Crippen molar-refractivity contribution in [1.82, 2.24) is 20.4 Å². The first-order valence-corrected chi connectivity index (χ1v) is 8.65. The molecule has 22 heavy (non-hydrogen) atoms. The fourth-order valence-corrected chi connectivity index (χ4v) is 3.15. The molecule has 6 heteroatoms. The number of hydrogen-bond acceptors (Lipinski definition) is 3. The summed E-state index contributed by atoms with van der Waals surface area (Å²) in [7, 11) is 0. The molecule has 2 N–H and O–H groups in total. The lowest BCUT2D eigenvalue weighted by Gasteiger charge is -2.30. The van der Waals surface area contributed by atoms with Gasteiger partial charge in [-0.2, -0.15) is 5.10 Å². The van der Waals surface area contributed by atoms with Gasteiger partial charge in [-0.1, -0.05) is 0 Å². The predicted molar refractivity (Wildman–Crippen MR) is 98.1 cm³/mol. The number of H-pyrrole nitrogens is 1. The van der Waals surface area contributed by atoms with Gasteiger partial charge in [-0.25, -0.2) is 0 Å². The molecule has 2 rings (SSSR count). The third kappa shape index (κ3) is 3.98. The Morgan fingerprint density at radius 1 is 1.32 bits per heavy atom. The maximum absolute atomic E-state index is 12.3. The lowest BCUT2D eigenvalue weighted by atomic mass is 10.2. The number of carbonyl (C=O) groups is 1. The predicted octanol–water partition coefficient (Wildman–Crippen LogP) is 3.02. The summed E-state index contributed by atoms with van der Waals surface area (Å²) in [5, 5.41) is 10.9. The van der Waals surface area contributed by atoms with E-state index in [9.17, 15) is 4.79 Å². The van der Waals surface area contributed by atoms with Crippen LogP contribution in [0.2, 0.25) is 0 Å². The van der Waals surface area contributed by atoms with Gasteiger partial charge < -0.3 is 5.32 Å². The van der Waals surface area contributed by atoms with Crippen molar-refractivity contribution < 1.29 is 4.79 Å². The number of hydrogen-bond donors (Lipinski definition) is 2. The van der Waals surface area contributed by atoms with Crippen LogP contribution in [0.5, 0.6) is 0 Å². The van der Waals surface area contributed by atoms with Gasteiger partial charge in [-0.05, 0) is 68.5 Å². The highest BCUT2D eigenvalue weighted by atomic mass is 127. The molecule has 0 unspecified atom stereocenters. The minimum Gasteiger partial charge on any atom is -0.349 e. The van der Waals surface area contributed by atoms with Gasteiger partial charge in [0.2, 0.25) is 0 Å². The summed E-state index contributed by atoms with van der Waals surface area (Å²) >= 11 is 2.24. The molecule has 0 bridgehead atoms. The van der Waals surface area contributed by atoms with Gasteiger partial charge in [0.15, 0.2) is 5.69 Å². The summed E-state index contributed by atoms with van der Waals surface area (Å²) in [4.78, 5) is 14.7. The number of halogens is 1. The van der Waals surface area contributed by atoms with Crippen LogP contribution in [0, 0.1) is 3.57 Å². The average molecular weight is 414 g/mol. The third-order valence-corrected chi connectivity index (χ3v) is 4.39. The number of rotatable bonds is 6. The molecule has 1 heterocycles. The molecule has 0 aliphatic heterocycles. The molecule has 0 saturated carbocycles. The first kappa shape index (κ1) is 17.2. The smallest absolute Gasteiger partial charge is 0.272 e. The molecule has 0 fully saturated rings. The van der Waals surface area contributed by atoms with E-state index in [4.69, 9.17) is 0 Å². The summed E-state index contributed by atoms with van der Waals surface area (Å²) in [5.74, 6) is -0.124. The average Bonchev–Trinajstić information content (AvgIpc) is 2.85. The van der Waals surface area contributed by atoms with Crippen LogP contribution in [-0.2, 0) is 0 Å². The summed E-state index contributed by atoms with van der Waals surface area (Å²) in [5.41, 5.74) is 1.35. The molecule has 2 aromatic rings. The Morgan fingerprint density at radius 3 is 2.64 bits per heavy atom. The minimum atomic E-state index is -0.124. The van der Waals surface area contributed by atoms with E-state index in [1.165, 1.54) is 0 Å². The topological polar surface area (TPSA) is 61.0 Å². The van der Waals surface area contributed by atoms with Crippen LogP contribution in [-0.4, -0.2) is 46.2 Å². The van der Waals surface area contributed by atoms with Crippen LogP contribution in [0.25, 0.3) is 10.9 Å². The van der Waals surface area contributed by atoms with Crippen LogP contribution < -0.4 is 5.32 Å². The van der Waals surface area contributed by atoms with Crippen LogP contribution in [0.4, 0.5) is 0 Å². The Kier molecular flexibility index (Phi) is 5.80. The van der Waals surface area contributed by atoms with Crippen molar-refractivity contribution in [3.05, 3.63) is 27.5 Å². The number of nitrogens with one attached hydrogen (secondary N) is 2. The lowest BCUT2D eigenvalue weighted by Crippen LogP contribution is -2.42. The van der Waals surface area contributed by atoms with Gasteiger partial charge in [-0.3, -0.25) is 14.8 Å². The fraction of sp³-hybridized carbons (Fsp3) is 0.500. The number of aromatic amines is 1. The molecular formula is C16H23IN4O. The number of fused-ring (bicyclic) bond motifs is 1. The number of carbonyl (C=O) groups excluding carboxylic acids is 1. The van der Waals surface area contributed by atoms with Crippen LogP contribution in [0.3, 0.4) is 0 Å². The van der Waals surface area contributed by atoms with Gasteiger partial charge in [-0.15, -0.1) is 0 Å². The Labute approximate surface area is 145 Å². The number of nitrogens with zero attached hydrogens (tertiary/aromatic N) is 2. The Balaban J connectivity index is 2.01. The van der Waals surface area contributed by atoms with Crippen molar-refractivity contribution in [2.45, 2.75) is 39.8 Å². The largest absolute Gasteiger partial charge is 0.349 e. The Hall–Kier alpha value is -1.15. The molecule has 1 amide bonds. The maximum atomic E-state index is 12.3. The second-order valence-electron chi connectivity index (χ2n) is 5.94. The molecule has 120 valence electrons. The second-order valence-corrected chi connectivity index (χ2v) is 7.19. The fourth-order valence-electron chi connectivity index (χ4n) is 2.65. The normalized spacial score (nSPS) is 11.8. The molecular weight excluding hydrogens is 391 g/mol. The number of amides is 1. The second kappa shape index (κ2) is 7.41. The summed E-state index contributed by atoms with van der Waals surface area (Å²) in [6.45, 7) is 10.1. The molecule has 0 aliphatic rings. The maximum Gasteiger partial charge on any atom is 0.272 e. The zero-order valence-corrected chi connectivity index (χ0v) is 15.6. The number of benzene rings is 1. The van der Waals surface area contributed by atoms with Gasteiger partial charge in [0.1, 0.15) is 0 Å². The summed E-state index contributed by atoms with van der Waals surface area (Å²) in [6.07, 6.45) is 0. The minimum absolute atomic E-state index is 0.124. The van der Waals surface area contributed by atoms with Crippen LogP contribution in [0.15, 0.2) is 18.2 Å². The first-order chi connectivity index (χ1) is 10.4. The van der Waals surface area contributed by atoms with Gasteiger partial charge in [0, 0.05) is 34.1 Å². The molecule has 0 radical (unpaired) electrons. The Morgan fingerprint density at radius 2 is 2.00 bits per heavy atom. The lowest BCUT2D eigenvalue weighted by molar-refractivity contribution is 0.0936. The molecule has 0 atom stereocenters. The van der Waals surface area contributed by atoms with E-state index in [0.717, 1.165) is 21.0 Å². The van der Waals surface area contributed by atoms with E-state index < -0.39 is 0 Å². The molecule has 0 spiro atoms. The SMILES string of the molecule is CC(C)N(CCNC(=O)c1n[nH]c2ccc(I)cc12)C(C)C. The van der Waals surface area contributed by atoms with Crippen molar-refractivity contribution in [2.75, 3.05) is 13.1 Å². The Bertz CT molecular complexity index is 643. The van der Waals surface area contributed by atoms with Crippen molar-refractivity contribution in [2.24, 2.45) is 0 Å². The number of aromatic nitrogens is 2. The van der Waals surface area contributed by atoms with Crippen LogP contribution in [0.1, 0.15) is 38.2 Å². The van der Waals surface area contributed by atoms with E-state index in [-0.39, 0.29) is 5.91 Å². The molecule has 1 aromatic carbocycles. The van der Waals surface area contributed by atoms with Gasteiger partial charge in [0.05, 0.1) is 5.52 Å². The van der Waals surface area contributed by atoms with E-state index in [0.29, 0.717) is 24.3 Å². The van der Waals surface area contributed by atoms with E-state index in [1.54, 1.807) is 0 Å². The molecule has 5 nitrogen and oxygen atoms in total. The quantitative estimate of drug-likeness (QED) is 0.715. The van der Waals surface area contributed by atoms with E-state index >= 15 is 0 Å². The van der Waals surface area contributed by atoms with Crippen molar-refractivity contribution in [3.8, 4) is 0 Å². The summed E-state index contributed by atoms with van der Waals surface area (Å²) in [6, 6.07) is 6.84. The first-order valence-electron chi connectivity index (χ1n) is 7.57. The van der Waals surface area contributed by atoms with Crippen molar-refractivity contribution in [3.63, 3.8) is 0 Å². The van der Waals surface area contributed by atoms with Gasteiger partial charge >= 0.3 is 0 Å². The highest BCUT2D eigenvalue weighted by Gasteiger charge is 2.16. The van der Waals surface area contributed by atoms with E-state index in [1.807, 2.05) is 18.2 Å². The molecule has 1 aromatic heterocycles. The van der Waals surface area contributed by atoms with Crippen LogP contribution >= 0.6 is 22.6 Å². The van der Waals surface area contributed by atoms with E-state index in [2.05, 4.69) is 70.7 Å². The summed E-state index contributed by atoms with van der Waals surface area (Å²) < 4.78 is 1.09. The van der Waals surface area contributed by atoms with Crippen molar-refractivity contribution in [1.29, 1.82) is 0 Å². The monoisotopic (exact) mass is 414 g/mol. The molecule has 0 saturated heterocycles. The van der Waals surface area contributed by atoms with Crippen molar-refractivity contribution >= 4 is 39.4 Å². The third-order valence-electron chi connectivity index (χ3n) is 3.72. The molecule has 0 aliphatic carbocycles. The highest BCUT2D eigenvalue weighted by molar-refractivity contribution is 14.1. The highest BCUT2D eigenvalue weighted by Crippen LogP contribution is 2.18. The zero-order chi connectivity index (χ0) is 16.3. The zero-order valence-electron chi connectivity index (χ0n) is 13.5. The van der Waals surface area contributed by atoms with Gasteiger partial charge in [0.25, 0.3) is 5.91 Å². The standard InChI is InChI=1S/C16H23IN4O/c1-10(2)21(11(3)4)8-7-18-16(22)15-13-9-12(17)5-6-14(13)19-20-15/h5-6,9-11H,7-8H2,1-4H3,(H,18,22)(H,19,20).